The van der Waals surface area contributed by atoms with Crippen LogP contribution in [0, 0.1) is 0 Å². The molecule has 0 aliphatic carbocycles. The zero-order valence-electron chi connectivity index (χ0n) is 10.6. The number of nitrogens with zero attached hydrogens (tertiary/aromatic N) is 1. The molecule has 2 heterocycles. The molecule has 0 bridgehead atoms. The van der Waals surface area contributed by atoms with Gasteiger partial charge in [0.15, 0.2) is 0 Å². The first kappa shape index (κ1) is 13.3. The van der Waals surface area contributed by atoms with Gasteiger partial charge in [-0.25, -0.2) is 4.79 Å². The number of likely N-dealkylation sites (tertiary alicyclic amines) is 1. The maximum atomic E-state index is 12.0. The van der Waals surface area contributed by atoms with Crippen LogP contribution in [0.1, 0.15) is 44.9 Å². The highest BCUT2D eigenvalue weighted by Crippen LogP contribution is 2.21. The van der Waals surface area contributed by atoms with Gasteiger partial charge in [-0.3, -0.25) is 4.79 Å². The van der Waals surface area contributed by atoms with Gasteiger partial charge < -0.3 is 14.7 Å². The number of aliphatic carboxylic acids is 1. The quantitative estimate of drug-likeness (QED) is 0.824. The molecule has 2 aliphatic heterocycles. The van der Waals surface area contributed by atoms with E-state index < -0.39 is 12.0 Å². The summed E-state index contributed by atoms with van der Waals surface area (Å²) >= 11 is 0. The fourth-order valence-electron chi connectivity index (χ4n) is 2.79. The Labute approximate surface area is 107 Å². The molecule has 0 radical (unpaired) electrons. The van der Waals surface area contributed by atoms with Gasteiger partial charge in [0.05, 0.1) is 6.10 Å². The van der Waals surface area contributed by atoms with Gasteiger partial charge in [0.1, 0.15) is 6.04 Å². The van der Waals surface area contributed by atoms with Crippen LogP contribution < -0.4 is 0 Å². The average Bonchev–Trinajstić information content (AvgIpc) is 2.86. The van der Waals surface area contributed by atoms with E-state index in [1.54, 1.807) is 0 Å². The Morgan fingerprint density at radius 2 is 2.06 bits per heavy atom. The number of carboxylic acids is 1. The van der Waals surface area contributed by atoms with E-state index in [0.29, 0.717) is 19.4 Å². The number of amides is 1. The molecular formula is C13H21NO4. The molecule has 5 nitrogen and oxygen atoms in total. The molecule has 1 unspecified atom stereocenters. The van der Waals surface area contributed by atoms with Gasteiger partial charge in [-0.15, -0.1) is 0 Å². The predicted octanol–water partition coefficient (Wildman–Crippen LogP) is 1.41. The molecule has 2 fully saturated rings. The minimum Gasteiger partial charge on any atom is -0.480 e. The first-order chi connectivity index (χ1) is 8.68. The van der Waals surface area contributed by atoms with E-state index in [2.05, 4.69) is 0 Å². The topological polar surface area (TPSA) is 66.8 Å². The third kappa shape index (κ3) is 3.22. The van der Waals surface area contributed by atoms with Crippen LogP contribution in [-0.4, -0.2) is 47.2 Å². The van der Waals surface area contributed by atoms with Crippen molar-refractivity contribution in [2.24, 2.45) is 0 Å². The summed E-state index contributed by atoms with van der Waals surface area (Å²) in [5.74, 6) is -0.913. The van der Waals surface area contributed by atoms with Crippen molar-refractivity contribution >= 4 is 11.9 Å². The minimum absolute atomic E-state index is 0.0333. The molecule has 0 aromatic rings. The Morgan fingerprint density at radius 3 is 2.72 bits per heavy atom. The third-order valence-electron chi connectivity index (χ3n) is 3.81. The molecule has 2 atom stereocenters. The van der Waals surface area contributed by atoms with Gasteiger partial charge in [0, 0.05) is 19.6 Å². The molecule has 0 spiro atoms. The van der Waals surface area contributed by atoms with Crippen LogP contribution in [0.5, 0.6) is 0 Å². The van der Waals surface area contributed by atoms with Gasteiger partial charge in [-0.05, 0) is 38.5 Å². The molecule has 5 heteroatoms. The summed E-state index contributed by atoms with van der Waals surface area (Å²) in [5.41, 5.74) is 0. The maximum Gasteiger partial charge on any atom is 0.326 e. The summed E-state index contributed by atoms with van der Waals surface area (Å²) in [6.45, 7) is 1.38. The van der Waals surface area contributed by atoms with E-state index in [1.807, 2.05) is 0 Å². The van der Waals surface area contributed by atoms with Gasteiger partial charge in [0.25, 0.3) is 0 Å². The average molecular weight is 255 g/mol. The van der Waals surface area contributed by atoms with E-state index in [9.17, 15) is 9.59 Å². The fraction of sp³-hybridized carbons (Fsp3) is 0.846. The standard InChI is InChI=1S/C13H21NO4/c15-12(7-6-10-4-1-2-9-18-10)14-8-3-5-11(14)13(16)17/h10-11H,1-9H2,(H,16,17)/t10?,11-/m1/s1. The highest BCUT2D eigenvalue weighted by Gasteiger charge is 2.33. The molecule has 18 heavy (non-hydrogen) atoms. The summed E-state index contributed by atoms with van der Waals surface area (Å²) in [5, 5.41) is 9.03. The van der Waals surface area contributed by atoms with Crippen molar-refractivity contribution in [1.82, 2.24) is 4.90 Å². The zero-order valence-corrected chi connectivity index (χ0v) is 10.6. The first-order valence-electron chi connectivity index (χ1n) is 6.82. The normalized spacial score (nSPS) is 28.3. The Bertz CT molecular complexity index is 312. The molecule has 1 N–H and O–H groups in total. The summed E-state index contributed by atoms with van der Waals surface area (Å²) in [6, 6.07) is -0.607. The number of carboxylic acid groups (broad SMARTS) is 1. The van der Waals surface area contributed by atoms with Crippen LogP contribution in [0.2, 0.25) is 0 Å². The largest absolute Gasteiger partial charge is 0.480 e. The monoisotopic (exact) mass is 255 g/mol. The maximum absolute atomic E-state index is 12.0. The van der Waals surface area contributed by atoms with Crippen LogP contribution >= 0.6 is 0 Å². The van der Waals surface area contributed by atoms with Crippen molar-refractivity contribution in [2.45, 2.75) is 57.1 Å². The van der Waals surface area contributed by atoms with E-state index in [-0.39, 0.29) is 12.0 Å². The highest BCUT2D eigenvalue weighted by molar-refractivity contribution is 5.84. The van der Waals surface area contributed by atoms with Crippen LogP contribution in [-0.2, 0) is 14.3 Å². The number of hydrogen-bond acceptors (Lipinski definition) is 3. The second-order valence-electron chi connectivity index (χ2n) is 5.11. The van der Waals surface area contributed by atoms with Gasteiger partial charge in [-0.1, -0.05) is 0 Å². The first-order valence-corrected chi connectivity index (χ1v) is 6.82. The highest BCUT2D eigenvalue weighted by atomic mass is 16.5. The molecule has 0 aromatic carbocycles. The van der Waals surface area contributed by atoms with Gasteiger partial charge in [-0.2, -0.15) is 0 Å². The summed E-state index contributed by atoms with van der Waals surface area (Å²) in [7, 11) is 0. The van der Waals surface area contributed by atoms with Gasteiger partial charge in [0.2, 0.25) is 5.91 Å². The van der Waals surface area contributed by atoms with E-state index in [1.165, 1.54) is 11.3 Å². The van der Waals surface area contributed by atoms with Crippen LogP contribution in [0.25, 0.3) is 0 Å². The molecule has 2 aliphatic rings. The number of rotatable bonds is 4. The summed E-state index contributed by atoms with van der Waals surface area (Å²) in [4.78, 5) is 24.5. The molecule has 2 rings (SSSR count). The lowest BCUT2D eigenvalue weighted by Gasteiger charge is -2.25. The number of carbonyl (C=O) groups excluding carboxylic acids is 1. The van der Waals surface area contributed by atoms with E-state index >= 15 is 0 Å². The van der Waals surface area contributed by atoms with Crippen LogP contribution in [0.4, 0.5) is 0 Å². The Morgan fingerprint density at radius 1 is 1.22 bits per heavy atom. The SMILES string of the molecule is O=C(O)[C@H]1CCCN1C(=O)CCC1CCCCO1. The molecule has 1 amide bonds. The van der Waals surface area contributed by atoms with E-state index in [4.69, 9.17) is 9.84 Å². The van der Waals surface area contributed by atoms with E-state index in [0.717, 1.165) is 32.3 Å². The lowest BCUT2D eigenvalue weighted by Crippen LogP contribution is -2.40. The Hall–Kier alpha value is -1.10. The van der Waals surface area contributed by atoms with Crippen LogP contribution in [0.3, 0.4) is 0 Å². The van der Waals surface area contributed by atoms with Gasteiger partial charge >= 0.3 is 5.97 Å². The fourth-order valence-corrected chi connectivity index (χ4v) is 2.79. The molecule has 0 aromatic heterocycles. The Kier molecular flexibility index (Phi) is 4.58. The van der Waals surface area contributed by atoms with Crippen molar-refractivity contribution in [2.75, 3.05) is 13.2 Å². The molecule has 102 valence electrons. The zero-order chi connectivity index (χ0) is 13.0. The van der Waals surface area contributed by atoms with Crippen LogP contribution in [0.15, 0.2) is 0 Å². The summed E-state index contributed by atoms with van der Waals surface area (Å²) in [6.07, 6.45) is 6.00. The number of hydrogen-bond donors (Lipinski definition) is 1. The van der Waals surface area contributed by atoms with Crippen molar-refractivity contribution < 1.29 is 19.4 Å². The smallest absolute Gasteiger partial charge is 0.326 e. The third-order valence-corrected chi connectivity index (χ3v) is 3.81. The summed E-state index contributed by atoms with van der Waals surface area (Å²) < 4.78 is 5.58. The second-order valence-corrected chi connectivity index (χ2v) is 5.11. The minimum atomic E-state index is -0.880. The molecule has 0 saturated carbocycles. The lowest BCUT2D eigenvalue weighted by atomic mass is 10.0. The number of ether oxygens (including phenoxy) is 1. The predicted molar refractivity (Wildman–Crippen MR) is 65.2 cm³/mol. The molecule has 2 saturated heterocycles. The molecular weight excluding hydrogens is 234 g/mol. The second kappa shape index (κ2) is 6.18. The van der Waals surface area contributed by atoms with Crippen molar-refractivity contribution in [3.63, 3.8) is 0 Å². The van der Waals surface area contributed by atoms with Crippen molar-refractivity contribution in [3.05, 3.63) is 0 Å². The lowest BCUT2D eigenvalue weighted by molar-refractivity contribution is -0.148. The number of carbonyl (C=O) groups is 2. The van der Waals surface area contributed by atoms with Crippen molar-refractivity contribution in [3.8, 4) is 0 Å². The van der Waals surface area contributed by atoms with Crippen molar-refractivity contribution in [1.29, 1.82) is 0 Å². The Balaban J connectivity index is 1.78.